The second-order valence-electron chi connectivity index (χ2n) is 6.81. The fourth-order valence-electron chi connectivity index (χ4n) is 2.58. The first kappa shape index (κ1) is 18.0. The van der Waals surface area contributed by atoms with Crippen molar-refractivity contribution < 1.29 is 19.1 Å². The van der Waals surface area contributed by atoms with Crippen LogP contribution in [0.4, 0.5) is 4.79 Å². The molecule has 0 aromatic carbocycles. The summed E-state index contributed by atoms with van der Waals surface area (Å²) in [6.45, 7) is 7.28. The molecule has 1 atom stereocenters. The molecule has 0 saturated heterocycles. The number of nitrogens with zero attached hydrogens (tertiary/aromatic N) is 2. The number of carbonyl (C=O) groups is 2. The van der Waals surface area contributed by atoms with E-state index < -0.39 is 23.7 Å². The number of allylic oxidation sites excluding steroid dienone is 1. The van der Waals surface area contributed by atoms with Gasteiger partial charge in [-0.3, -0.25) is 9.88 Å². The molecule has 2 rings (SSSR count). The van der Waals surface area contributed by atoms with E-state index in [-0.39, 0.29) is 0 Å². The lowest BCUT2D eigenvalue weighted by molar-refractivity contribution is -0.146. The Bertz CT molecular complexity index is 661. The number of methoxy groups -OCH3 is 1. The molecule has 0 saturated carbocycles. The third kappa shape index (κ3) is 4.34. The molecular weight excluding hydrogens is 308 g/mol. The first-order valence-electron chi connectivity index (χ1n) is 7.94. The Kier molecular flexibility index (Phi) is 5.26. The Balaban J connectivity index is 2.35. The summed E-state index contributed by atoms with van der Waals surface area (Å²) in [5.41, 5.74) is 2.20. The SMILES string of the molecule is COC(=O)[C@@H]1CCC(c2ccnc(C)c2)=CN1C(=O)OC(C)(C)C. The molecule has 0 spiro atoms. The number of carbonyl (C=O) groups excluding carboxylic acids is 2. The van der Waals surface area contributed by atoms with Crippen LogP contribution in [0.2, 0.25) is 0 Å². The molecule has 0 fully saturated rings. The third-order valence-electron chi connectivity index (χ3n) is 3.66. The van der Waals surface area contributed by atoms with Crippen LogP contribution in [-0.4, -0.2) is 40.7 Å². The summed E-state index contributed by atoms with van der Waals surface area (Å²) in [7, 11) is 1.32. The number of pyridine rings is 1. The van der Waals surface area contributed by atoms with Crippen LogP contribution >= 0.6 is 0 Å². The van der Waals surface area contributed by atoms with E-state index in [1.165, 1.54) is 12.0 Å². The van der Waals surface area contributed by atoms with E-state index >= 15 is 0 Å². The molecule has 1 aromatic rings. The molecule has 1 amide bonds. The number of hydrogen-bond acceptors (Lipinski definition) is 5. The number of aromatic nitrogens is 1. The van der Waals surface area contributed by atoms with E-state index in [4.69, 9.17) is 9.47 Å². The van der Waals surface area contributed by atoms with Gasteiger partial charge in [0.1, 0.15) is 11.6 Å². The molecule has 0 radical (unpaired) electrons. The van der Waals surface area contributed by atoms with Crippen molar-refractivity contribution in [1.82, 2.24) is 9.88 Å². The molecule has 1 aromatic heterocycles. The Morgan fingerprint density at radius 3 is 2.62 bits per heavy atom. The molecule has 0 N–H and O–H groups in total. The minimum Gasteiger partial charge on any atom is -0.467 e. The van der Waals surface area contributed by atoms with E-state index in [2.05, 4.69) is 4.98 Å². The zero-order chi connectivity index (χ0) is 17.9. The lowest BCUT2D eigenvalue weighted by Crippen LogP contribution is -2.46. The molecule has 0 aliphatic carbocycles. The maximum atomic E-state index is 12.5. The van der Waals surface area contributed by atoms with Crippen LogP contribution in [0.15, 0.2) is 24.5 Å². The van der Waals surface area contributed by atoms with Gasteiger partial charge in [-0.25, -0.2) is 9.59 Å². The molecule has 6 heteroatoms. The second kappa shape index (κ2) is 7.03. The van der Waals surface area contributed by atoms with Gasteiger partial charge in [0, 0.05) is 18.1 Å². The van der Waals surface area contributed by atoms with Gasteiger partial charge < -0.3 is 9.47 Å². The van der Waals surface area contributed by atoms with Gasteiger partial charge in [0.15, 0.2) is 0 Å². The lowest BCUT2D eigenvalue weighted by Gasteiger charge is -2.33. The zero-order valence-electron chi connectivity index (χ0n) is 14.8. The Morgan fingerprint density at radius 1 is 1.33 bits per heavy atom. The summed E-state index contributed by atoms with van der Waals surface area (Å²) < 4.78 is 10.3. The predicted molar refractivity (Wildman–Crippen MR) is 90.1 cm³/mol. The summed E-state index contributed by atoms with van der Waals surface area (Å²) in [6, 6.07) is 3.18. The van der Waals surface area contributed by atoms with Crippen LogP contribution in [0, 0.1) is 6.92 Å². The van der Waals surface area contributed by atoms with Gasteiger partial charge in [-0.15, -0.1) is 0 Å². The van der Waals surface area contributed by atoms with Crippen LogP contribution in [0.5, 0.6) is 0 Å². The second-order valence-corrected chi connectivity index (χ2v) is 6.81. The zero-order valence-corrected chi connectivity index (χ0v) is 14.8. The highest BCUT2D eigenvalue weighted by Gasteiger charge is 2.35. The smallest absolute Gasteiger partial charge is 0.415 e. The number of ether oxygens (including phenoxy) is 2. The predicted octanol–water partition coefficient (Wildman–Crippen LogP) is 3.30. The van der Waals surface area contributed by atoms with E-state index in [0.29, 0.717) is 12.8 Å². The first-order valence-corrected chi connectivity index (χ1v) is 7.94. The molecule has 0 bridgehead atoms. The van der Waals surface area contributed by atoms with Crippen LogP contribution < -0.4 is 0 Å². The summed E-state index contributed by atoms with van der Waals surface area (Å²) >= 11 is 0. The Morgan fingerprint density at radius 2 is 2.04 bits per heavy atom. The highest BCUT2D eigenvalue weighted by molar-refractivity contribution is 5.85. The number of rotatable bonds is 2. The van der Waals surface area contributed by atoms with Crippen molar-refractivity contribution in [2.45, 2.75) is 52.2 Å². The van der Waals surface area contributed by atoms with Crippen molar-refractivity contribution in [3.8, 4) is 0 Å². The van der Waals surface area contributed by atoms with Crippen molar-refractivity contribution in [1.29, 1.82) is 0 Å². The third-order valence-corrected chi connectivity index (χ3v) is 3.66. The summed E-state index contributed by atoms with van der Waals surface area (Å²) in [5.74, 6) is -0.443. The fraction of sp³-hybridized carbons (Fsp3) is 0.500. The molecule has 1 aliphatic rings. The lowest BCUT2D eigenvalue weighted by atomic mass is 9.95. The molecule has 24 heavy (non-hydrogen) atoms. The molecule has 2 heterocycles. The fourth-order valence-corrected chi connectivity index (χ4v) is 2.58. The van der Waals surface area contributed by atoms with Crippen LogP contribution in [0.25, 0.3) is 5.57 Å². The molecule has 1 aliphatic heterocycles. The van der Waals surface area contributed by atoms with Crippen molar-refractivity contribution >= 4 is 17.6 Å². The summed E-state index contributed by atoms with van der Waals surface area (Å²) in [6.07, 6.45) is 4.02. The van der Waals surface area contributed by atoms with Crippen molar-refractivity contribution in [2.24, 2.45) is 0 Å². The van der Waals surface area contributed by atoms with Gasteiger partial charge in [0.2, 0.25) is 0 Å². The number of esters is 1. The van der Waals surface area contributed by atoms with Crippen molar-refractivity contribution in [2.75, 3.05) is 7.11 Å². The normalized spacial score (nSPS) is 18.0. The molecular formula is C18H24N2O4. The Hall–Kier alpha value is -2.37. The monoisotopic (exact) mass is 332 g/mol. The van der Waals surface area contributed by atoms with Crippen molar-refractivity contribution in [3.05, 3.63) is 35.8 Å². The van der Waals surface area contributed by atoms with Crippen LogP contribution in [0.3, 0.4) is 0 Å². The van der Waals surface area contributed by atoms with Gasteiger partial charge >= 0.3 is 12.1 Å². The topological polar surface area (TPSA) is 68.7 Å². The average Bonchev–Trinajstić information content (AvgIpc) is 2.52. The van der Waals surface area contributed by atoms with Gasteiger partial charge in [-0.1, -0.05) is 0 Å². The van der Waals surface area contributed by atoms with Gasteiger partial charge in [0.05, 0.1) is 7.11 Å². The summed E-state index contributed by atoms with van der Waals surface area (Å²) in [5, 5.41) is 0. The Labute approximate surface area is 142 Å². The standard InChI is InChI=1S/C18H24N2O4/c1-12-10-13(8-9-19-12)14-6-7-15(16(21)23-5)20(11-14)17(22)24-18(2,3)4/h8-11,15H,6-7H2,1-5H3/t15-/m0/s1. The van der Waals surface area contributed by atoms with E-state index in [1.54, 1.807) is 33.2 Å². The maximum absolute atomic E-state index is 12.5. The number of hydrogen-bond donors (Lipinski definition) is 0. The first-order chi connectivity index (χ1) is 11.2. The quantitative estimate of drug-likeness (QED) is 0.777. The highest BCUT2D eigenvalue weighted by atomic mass is 16.6. The van der Waals surface area contributed by atoms with Crippen molar-refractivity contribution in [3.63, 3.8) is 0 Å². The minimum atomic E-state index is -0.670. The van der Waals surface area contributed by atoms with Gasteiger partial charge in [-0.05, 0) is 63.8 Å². The largest absolute Gasteiger partial charge is 0.467 e. The highest BCUT2D eigenvalue weighted by Crippen LogP contribution is 2.30. The average molecular weight is 332 g/mol. The van der Waals surface area contributed by atoms with Crippen LogP contribution in [0.1, 0.15) is 44.9 Å². The summed E-state index contributed by atoms with van der Waals surface area (Å²) in [4.78, 5) is 30.1. The van der Waals surface area contributed by atoms with E-state index in [0.717, 1.165) is 16.8 Å². The van der Waals surface area contributed by atoms with Gasteiger partial charge in [0.25, 0.3) is 0 Å². The molecule has 0 unspecified atom stereocenters. The van der Waals surface area contributed by atoms with E-state index in [1.807, 2.05) is 19.1 Å². The number of amides is 1. The maximum Gasteiger partial charge on any atom is 0.415 e. The molecule has 6 nitrogen and oxygen atoms in total. The van der Waals surface area contributed by atoms with Gasteiger partial charge in [-0.2, -0.15) is 0 Å². The van der Waals surface area contributed by atoms with Crippen LogP contribution in [-0.2, 0) is 14.3 Å². The minimum absolute atomic E-state index is 0.443. The number of aryl methyl sites for hydroxylation is 1. The molecule has 130 valence electrons. The van der Waals surface area contributed by atoms with E-state index in [9.17, 15) is 9.59 Å².